The van der Waals surface area contributed by atoms with Crippen LogP contribution in [0.2, 0.25) is 0 Å². The zero-order valence-corrected chi connectivity index (χ0v) is 9.30. The van der Waals surface area contributed by atoms with E-state index in [9.17, 15) is 9.59 Å². The monoisotopic (exact) mass is 224 g/mol. The van der Waals surface area contributed by atoms with E-state index in [-0.39, 0.29) is 23.4 Å². The van der Waals surface area contributed by atoms with Crippen molar-refractivity contribution in [3.05, 3.63) is 47.5 Å². The maximum Gasteiger partial charge on any atom is 0.168 e. The molecule has 0 aliphatic heterocycles. The van der Waals surface area contributed by atoms with Crippen LogP contribution < -0.4 is 0 Å². The Hall–Kier alpha value is -1.70. The van der Waals surface area contributed by atoms with Crippen LogP contribution >= 0.6 is 0 Å². The molecule has 4 atom stereocenters. The van der Waals surface area contributed by atoms with Gasteiger partial charge in [0.05, 0.1) is 0 Å². The number of hydrogen-bond donors (Lipinski definition) is 0. The molecule has 1 saturated carbocycles. The van der Waals surface area contributed by atoms with Crippen LogP contribution in [0, 0.1) is 23.7 Å². The van der Waals surface area contributed by atoms with E-state index in [1.165, 1.54) is 0 Å². The molecule has 2 bridgehead atoms. The highest BCUT2D eigenvalue weighted by atomic mass is 16.1. The minimum absolute atomic E-state index is 0.0765. The third-order valence-electron chi connectivity index (χ3n) is 4.52. The fourth-order valence-corrected chi connectivity index (χ4v) is 3.81. The second-order valence-electron chi connectivity index (χ2n) is 5.27. The minimum atomic E-state index is -0.0765. The van der Waals surface area contributed by atoms with Gasteiger partial charge in [-0.2, -0.15) is 0 Å². The van der Waals surface area contributed by atoms with Crippen LogP contribution in [0.25, 0.3) is 0 Å². The highest BCUT2D eigenvalue weighted by Crippen LogP contribution is 2.52. The first-order valence-corrected chi connectivity index (χ1v) is 6.13. The summed E-state index contributed by atoms with van der Waals surface area (Å²) < 4.78 is 0. The number of ketones is 2. The molecule has 4 rings (SSSR count). The number of benzene rings is 1. The molecule has 1 aromatic rings. The van der Waals surface area contributed by atoms with Crippen molar-refractivity contribution >= 4 is 11.6 Å². The quantitative estimate of drug-likeness (QED) is 0.634. The maximum atomic E-state index is 12.4. The van der Waals surface area contributed by atoms with E-state index in [0.717, 1.165) is 6.42 Å². The van der Waals surface area contributed by atoms with Gasteiger partial charge in [-0.1, -0.05) is 36.4 Å². The summed E-state index contributed by atoms with van der Waals surface area (Å²) in [4.78, 5) is 24.9. The van der Waals surface area contributed by atoms with Gasteiger partial charge in [0, 0.05) is 23.0 Å². The maximum absolute atomic E-state index is 12.4. The number of fused-ring (bicyclic) bond motifs is 6. The Morgan fingerprint density at radius 3 is 1.76 bits per heavy atom. The van der Waals surface area contributed by atoms with Crippen molar-refractivity contribution < 1.29 is 9.59 Å². The van der Waals surface area contributed by atoms with Crippen molar-refractivity contribution in [1.29, 1.82) is 0 Å². The fourth-order valence-electron chi connectivity index (χ4n) is 3.81. The van der Waals surface area contributed by atoms with Gasteiger partial charge in [0.2, 0.25) is 0 Å². The first kappa shape index (κ1) is 9.34. The first-order chi connectivity index (χ1) is 8.27. The SMILES string of the molecule is O=C1c2ccccc2C(=O)[C@H]2[C@@H]1[C@H]1C=C[C@H]2C1. The van der Waals surface area contributed by atoms with Crippen LogP contribution in [0.4, 0.5) is 0 Å². The Balaban J connectivity index is 1.94. The van der Waals surface area contributed by atoms with Crippen molar-refractivity contribution in [3.8, 4) is 0 Å². The van der Waals surface area contributed by atoms with Gasteiger partial charge in [-0.3, -0.25) is 9.59 Å². The average Bonchev–Trinajstić information content (AvgIpc) is 2.96. The Morgan fingerprint density at radius 2 is 1.29 bits per heavy atom. The molecule has 2 heteroatoms. The molecule has 3 aliphatic rings. The smallest absolute Gasteiger partial charge is 0.168 e. The lowest BCUT2D eigenvalue weighted by atomic mass is 9.69. The number of Topliss-reactive ketones (excluding diaryl/α,β-unsaturated/α-hetero) is 2. The second-order valence-corrected chi connectivity index (χ2v) is 5.27. The standard InChI is InChI=1S/C15H12O2/c16-14-10-3-1-2-4-11(10)15(17)13-9-6-5-8(7-9)12(13)14/h1-6,8-9,12-13H,7H2/t8-,9-,12-,13+/m0/s1. The van der Waals surface area contributed by atoms with Crippen molar-refractivity contribution in [1.82, 2.24) is 0 Å². The van der Waals surface area contributed by atoms with Gasteiger partial charge < -0.3 is 0 Å². The van der Waals surface area contributed by atoms with E-state index in [0.29, 0.717) is 23.0 Å². The van der Waals surface area contributed by atoms with Crippen LogP contribution in [0.1, 0.15) is 27.1 Å². The van der Waals surface area contributed by atoms with Crippen molar-refractivity contribution in [2.24, 2.45) is 23.7 Å². The van der Waals surface area contributed by atoms with Gasteiger partial charge in [-0.25, -0.2) is 0 Å². The lowest BCUT2D eigenvalue weighted by Gasteiger charge is -2.31. The zero-order valence-electron chi connectivity index (χ0n) is 9.30. The molecule has 0 saturated heterocycles. The summed E-state index contributed by atoms with van der Waals surface area (Å²) in [7, 11) is 0. The number of allylic oxidation sites excluding steroid dienone is 2. The van der Waals surface area contributed by atoms with Gasteiger partial charge in [0.25, 0.3) is 0 Å². The van der Waals surface area contributed by atoms with E-state index in [1.54, 1.807) is 12.1 Å². The van der Waals surface area contributed by atoms with Crippen LogP contribution in [0.5, 0.6) is 0 Å². The second kappa shape index (κ2) is 2.95. The van der Waals surface area contributed by atoms with Crippen molar-refractivity contribution in [2.45, 2.75) is 6.42 Å². The molecule has 84 valence electrons. The van der Waals surface area contributed by atoms with E-state index in [4.69, 9.17) is 0 Å². The Morgan fingerprint density at radius 1 is 0.824 bits per heavy atom. The lowest BCUT2D eigenvalue weighted by molar-refractivity contribution is 0.0720. The first-order valence-electron chi connectivity index (χ1n) is 6.13. The topological polar surface area (TPSA) is 34.1 Å². The van der Waals surface area contributed by atoms with Crippen molar-refractivity contribution in [2.75, 3.05) is 0 Å². The predicted octanol–water partition coefficient (Wildman–Crippen LogP) is 2.50. The molecule has 0 N–H and O–H groups in total. The Labute approximate surface area is 99.3 Å². The van der Waals surface area contributed by atoms with E-state index >= 15 is 0 Å². The van der Waals surface area contributed by atoms with E-state index < -0.39 is 0 Å². The van der Waals surface area contributed by atoms with E-state index in [1.807, 2.05) is 12.1 Å². The molecule has 1 aromatic carbocycles. The summed E-state index contributed by atoms with van der Waals surface area (Å²) in [6.45, 7) is 0. The van der Waals surface area contributed by atoms with Gasteiger partial charge in [-0.15, -0.1) is 0 Å². The highest BCUT2D eigenvalue weighted by Gasteiger charge is 2.54. The Bertz CT molecular complexity index is 521. The highest BCUT2D eigenvalue weighted by molar-refractivity contribution is 6.16. The normalized spacial score (nSPS) is 37.2. The van der Waals surface area contributed by atoms with Crippen LogP contribution in [0.15, 0.2) is 36.4 Å². The lowest BCUT2D eigenvalue weighted by Crippen LogP contribution is -2.38. The average molecular weight is 224 g/mol. The minimum Gasteiger partial charge on any atom is -0.294 e. The molecule has 0 heterocycles. The Kier molecular flexibility index (Phi) is 1.62. The summed E-state index contributed by atoms with van der Waals surface area (Å²) in [5.74, 6) is 0.813. The van der Waals surface area contributed by atoms with Gasteiger partial charge >= 0.3 is 0 Å². The predicted molar refractivity (Wildman–Crippen MR) is 62.8 cm³/mol. The van der Waals surface area contributed by atoms with Crippen LogP contribution in [-0.4, -0.2) is 11.6 Å². The molecular formula is C15H12O2. The third kappa shape index (κ3) is 1.01. The molecule has 0 amide bonds. The number of rotatable bonds is 0. The van der Waals surface area contributed by atoms with E-state index in [2.05, 4.69) is 12.2 Å². The molecule has 0 radical (unpaired) electrons. The van der Waals surface area contributed by atoms with Gasteiger partial charge in [0.15, 0.2) is 11.6 Å². The summed E-state index contributed by atoms with van der Waals surface area (Å²) in [5.41, 5.74) is 1.28. The van der Waals surface area contributed by atoms with Crippen LogP contribution in [0.3, 0.4) is 0 Å². The molecule has 2 nitrogen and oxygen atoms in total. The molecule has 0 unspecified atom stereocenters. The molecule has 17 heavy (non-hydrogen) atoms. The summed E-state index contributed by atoms with van der Waals surface area (Å²) in [5, 5.41) is 0. The van der Waals surface area contributed by atoms with Crippen LogP contribution in [-0.2, 0) is 0 Å². The fraction of sp³-hybridized carbons (Fsp3) is 0.333. The molecule has 0 spiro atoms. The molecule has 3 aliphatic carbocycles. The third-order valence-corrected chi connectivity index (χ3v) is 4.52. The largest absolute Gasteiger partial charge is 0.294 e. The number of carbonyl (C=O) groups excluding carboxylic acids is 2. The molecule has 0 aromatic heterocycles. The van der Waals surface area contributed by atoms with Crippen molar-refractivity contribution in [3.63, 3.8) is 0 Å². The zero-order chi connectivity index (χ0) is 11.6. The number of carbonyl (C=O) groups is 2. The summed E-state index contributed by atoms with van der Waals surface area (Å²) in [6.07, 6.45) is 5.25. The molecule has 1 fully saturated rings. The number of hydrogen-bond acceptors (Lipinski definition) is 2. The summed E-state index contributed by atoms with van der Waals surface area (Å²) in [6, 6.07) is 7.27. The molecular weight excluding hydrogens is 212 g/mol. The van der Waals surface area contributed by atoms with Gasteiger partial charge in [0.1, 0.15) is 0 Å². The van der Waals surface area contributed by atoms with Gasteiger partial charge in [-0.05, 0) is 18.3 Å². The summed E-state index contributed by atoms with van der Waals surface area (Å²) >= 11 is 0.